The van der Waals surface area contributed by atoms with Crippen molar-refractivity contribution in [3.05, 3.63) is 82.1 Å². The average molecular weight is 561 g/mol. The van der Waals surface area contributed by atoms with E-state index in [-0.39, 0.29) is 30.0 Å². The first-order valence-electron chi connectivity index (χ1n) is 14.6. The van der Waals surface area contributed by atoms with Crippen LogP contribution in [0, 0.1) is 6.92 Å². The van der Waals surface area contributed by atoms with Gasteiger partial charge in [0.1, 0.15) is 0 Å². The fraction of sp³-hybridized carbons (Fsp3) is 0.485. The second-order valence-corrected chi connectivity index (χ2v) is 12.0. The zero-order chi connectivity index (χ0) is 29.9. The zero-order valence-electron chi connectivity index (χ0n) is 25.5. The molecular weight excluding hydrogens is 516 g/mol. The van der Waals surface area contributed by atoms with Crippen LogP contribution in [0.3, 0.4) is 0 Å². The van der Waals surface area contributed by atoms with Gasteiger partial charge in [0, 0.05) is 50.0 Å². The summed E-state index contributed by atoms with van der Waals surface area (Å²) in [5.41, 5.74) is 4.91. The number of likely N-dealkylation sites (N-methyl/N-ethyl adjacent to an activating group) is 1. The van der Waals surface area contributed by atoms with Crippen LogP contribution in [-0.2, 0) is 14.9 Å². The molecule has 2 aliphatic heterocycles. The van der Waals surface area contributed by atoms with Gasteiger partial charge in [-0.15, -0.1) is 0 Å². The predicted molar refractivity (Wildman–Crippen MR) is 161 cm³/mol. The maximum Gasteiger partial charge on any atom is 0.338 e. The topological polar surface area (TPSA) is 82.2 Å². The Balaban J connectivity index is 1.63. The molecule has 0 radical (unpaired) electrons. The van der Waals surface area contributed by atoms with Crippen molar-refractivity contribution in [3.63, 3.8) is 0 Å². The number of urea groups is 1. The summed E-state index contributed by atoms with van der Waals surface area (Å²) in [6.45, 7) is 17.1. The van der Waals surface area contributed by atoms with Crippen LogP contribution in [0.25, 0.3) is 0 Å². The Morgan fingerprint density at radius 1 is 1.00 bits per heavy atom. The number of aryl methyl sites for hydroxylation is 1. The lowest BCUT2D eigenvalue weighted by atomic mass is 9.85. The monoisotopic (exact) mass is 560 g/mol. The zero-order valence-corrected chi connectivity index (χ0v) is 25.5. The lowest BCUT2D eigenvalue weighted by Gasteiger charge is -2.43. The summed E-state index contributed by atoms with van der Waals surface area (Å²) in [5.74, 6) is -0.401. The Bertz CT molecular complexity index is 1290. The van der Waals surface area contributed by atoms with E-state index in [2.05, 4.69) is 43.1 Å². The van der Waals surface area contributed by atoms with Crippen LogP contribution in [-0.4, -0.2) is 78.0 Å². The van der Waals surface area contributed by atoms with Gasteiger partial charge in [0.15, 0.2) is 0 Å². The van der Waals surface area contributed by atoms with Crippen LogP contribution in [0.5, 0.6) is 0 Å². The molecule has 0 saturated carbocycles. The Labute approximate surface area is 244 Å². The minimum atomic E-state index is -0.616. The summed E-state index contributed by atoms with van der Waals surface area (Å²) in [6.07, 6.45) is 0. The van der Waals surface area contributed by atoms with Crippen molar-refractivity contribution in [2.75, 3.05) is 39.3 Å². The van der Waals surface area contributed by atoms with Gasteiger partial charge in [-0.3, -0.25) is 14.6 Å². The van der Waals surface area contributed by atoms with Crippen molar-refractivity contribution in [1.82, 2.24) is 20.0 Å². The molecule has 1 fully saturated rings. The van der Waals surface area contributed by atoms with Gasteiger partial charge in [-0.1, -0.05) is 62.7 Å². The minimum Gasteiger partial charge on any atom is -0.463 e. The van der Waals surface area contributed by atoms with Gasteiger partial charge >= 0.3 is 12.0 Å². The number of piperazine rings is 1. The molecule has 2 unspecified atom stereocenters. The van der Waals surface area contributed by atoms with Gasteiger partial charge in [0.05, 0.1) is 18.2 Å². The van der Waals surface area contributed by atoms with Crippen molar-refractivity contribution in [2.24, 2.45) is 0 Å². The molecule has 8 nitrogen and oxygen atoms in total. The molecule has 0 bridgehead atoms. The van der Waals surface area contributed by atoms with Crippen molar-refractivity contribution < 1.29 is 19.1 Å². The number of rotatable bonds is 7. The summed E-state index contributed by atoms with van der Waals surface area (Å²) in [7, 11) is 0. The molecular formula is C33H44N4O4. The highest BCUT2D eigenvalue weighted by molar-refractivity contribution is 5.95. The van der Waals surface area contributed by atoms with Gasteiger partial charge in [0.2, 0.25) is 0 Å². The number of ether oxygens (including phenoxy) is 1. The van der Waals surface area contributed by atoms with E-state index in [1.807, 2.05) is 62.1 Å². The number of esters is 1. The molecule has 4 rings (SSSR count). The van der Waals surface area contributed by atoms with Crippen molar-refractivity contribution in [2.45, 2.75) is 66.0 Å². The molecule has 8 heteroatoms. The lowest BCUT2D eigenvalue weighted by Crippen LogP contribution is -2.56. The molecule has 2 aromatic carbocycles. The Morgan fingerprint density at radius 2 is 1.66 bits per heavy atom. The van der Waals surface area contributed by atoms with E-state index >= 15 is 0 Å². The number of nitrogens with one attached hydrogen (secondary N) is 1. The maximum atomic E-state index is 13.5. The molecule has 3 amide bonds. The Hall–Kier alpha value is -3.65. The molecule has 1 N–H and O–H groups in total. The molecule has 0 aliphatic carbocycles. The van der Waals surface area contributed by atoms with Gasteiger partial charge in [-0.2, -0.15) is 0 Å². The van der Waals surface area contributed by atoms with E-state index in [1.54, 1.807) is 11.8 Å². The molecule has 2 aromatic rings. The first kappa shape index (κ1) is 30.3. The van der Waals surface area contributed by atoms with Crippen LogP contribution in [0.4, 0.5) is 4.79 Å². The van der Waals surface area contributed by atoms with Crippen molar-refractivity contribution in [3.8, 4) is 0 Å². The highest BCUT2D eigenvalue weighted by atomic mass is 16.5. The molecule has 41 heavy (non-hydrogen) atoms. The number of amides is 3. The summed E-state index contributed by atoms with van der Waals surface area (Å²) < 4.78 is 5.54. The van der Waals surface area contributed by atoms with E-state index in [0.29, 0.717) is 49.6 Å². The summed E-state index contributed by atoms with van der Waals surface area (Å²) in [4.78, 5) is 45.8. The third kappa shape index (κ3) is 6.64. The third-order valence-corrected chi connectivity index (χ3v) is 8.00. The summed E-state index contributed by atoms with van der Waals surface area (Å²) >= 11 is 0. The van der Waals surface area contributed by atoms with Crippen LogP contribution in [0.1, 0.15) is 74.6 Å². The smallest absolute Gasteiger partial charge is 0.338 e. The highest BCUT2D eigenvalue weighted by Crippen LogP contribution is 2.34. The lowest BCUT2D eigenvalue weighted by molar-refractivity contribution is -0.139. The van der Waals surface area contributed by atoms with Crippen molar-refractivity contribution >= 4 is 17.9 Å². The quantitative estimate of drug-likeness (QED) is 0.480. The molecule has 220 valence electrons. The standard InChI is InChI=1S/C33H44N4O4/c1-8-36-27(21-35-18-19-37(23(4)20-35)30(38)25-12-10-22(3)11-13-25)28(31(39)41-9-2)29(34-32(36)40)24-14-16-26(17-15-24)33(5,6)7/h10-17,23,29H,8-9,18-21H2,1-7H3,(H,34,40). The highest BCUT2D eigenvalue weighted by Gasteiger charge is 2.39. The fourth-order valence-corrected chi connectivity index (χ4v) is 5.64. The fourth-order valence-electron chi connectivity index (χ4n) is 5.64. The van der Waals surface area contributed by atoms with Gasteiger partial charge in [-0.05, 0) is 56.4 Å². The molecule has 1 saturated heterocycles. The van der Waals surface area contributed by atoms with E-state index < -0.39 is 12.0 Å². The second kappa shape index (κ2) is 12.5. The Kier molecular flexibility index (Phi) is 9.22. The predicted octanol–water partition coefficient (Wildman–Crippen LogP) is 5.04. The van der Waals surface area contributed by atoms with E-state index in [1.165, 1.54) is 5.56 Å². The number of hydrogen-bond acceptors (Lipinski definition) is 5. The normalized spacial score (nSPS) is 20.2. The van der Waals surface area contributed by atoms with Crippen LogP contribution < -0.4 is 5.32 Å². The van der Waals surface area contributed by atoms with E-state index in [9.17, 15) is 14.4 Å². The molecule has 0 spiro atoms. The Morgan fingerprint density at radius 3 is 2.22 bits per heavy atom. The van der Waals surface area contributed by atoms with Crippen LogP contribution >= 0.6 is 0 Å². The summed E-state index contributed by atoms with van der Waals surface area (Å²) in [5, 5.41) is 3.06. The average Bonchev–Trinajstić information content (AvgIpc) is 2.93. The van der Waals surface area contributed by atoms with Crippen LogP contribution in [0.2, 0.25) is 0 Å². The van der Waals surface area contributed by atoms with Crippen LogP contribution in [0.15, 0.2) is 59.8 Å². The number of carbonyl (C=O) groups is 3. The maximum absolute atomic E-state index is 13.5. The van der Waals surface area contributed by atoms with E-state index in [0.717, 1.165) is 11.1 Å². The summed E-state index contributed by atoms with van der Waals surface area (Å²) in [6, 6.07) is 14.9. The molecule has 2 atom stereocenters. The minimum absolute atomic E-state index is 0.0159. The van der Waals surface area contributed by atoms with Gasteiger partial charge in [-0.25, -0.2) is 9.59 Å². The van der Waals surface area contributed by atoms with Crippen molar-refractivity contribution in [1.29, 1.82) is 0 Å². The third-order valence-electron chi connectivity index (χ3n) is 8.00. The van der Waals surface area contributed by atoms with Gasteiger partial charge in [0.25, 0.3) is 5.91 Å². The molecule has 2 heterocycles. The number of benzene rings is 2. The van der Waals surface area contributed by atoms with E-state index in [4.69, 9.17) is 4.74 Å². The first-order valence-corrected chi connectivity index (χ1v) is 14.6. The number of carbonyl (C=O) groups excluding carboxylic acids is 3. The molecule has 2 aliphatic rings. The number of nitrogens with zero attached hydrogens (tertiary/aromatic N) is 3. The molecule has 0 aromatic heterocycles. The van der Waals surface area contributed by atoms with Gasteiger partial charge < -0.3 is 15.0 Å². The second-order valence-electron chi connectivity index (χ2n) is 12.0. The first-order chi connectivity index (χ1) is 19.4. The largest absolute Gasteiger partial charge is 0.463 e. The number of hydrogen-bond donors (Lipinski definition) is 1. The SMILES string of the molecule is CCOC(=O)C1=C(CN2CCN(C(=O)c3ccc(C)cc3)C(C)C2)N(CC)C(=O)NC1c1ccc(C(C)(C)C)cc1.